The minimum absolute atomic E-state index is 0.107. The Morgan fingerprint density at radius 2 is 1.59 bits per heavy atom. The van der Waals surface area contributed by atoms with Gasteiger partial charge in [0.2, 0.25) is 0 Å². The Morgan fingerprint density at radius 1 is 0.906 bits per heavy atom. The number of aromatic nitrogens is 2. The van der Waals surface area contributed by atoms with Crippen molar-refractivity contribution in [3.05, 3.63) is 78.1 Å². The lowest BCUT2D eigenvalue weighted by Crippen LogP contribution is -2.34. The van der Waals surface area contributed by atoms with E-state index in [1.165, 1.54) is 0 Å². The molecule has 1 unspecified atom stereocenters. The summed E-state index contributed by atoms with van der Waals surface area (Å²) >= 11 is 0. The fraction of sp³-hybridized carbons (Fsp3) is 0.296. The molecule has 0 aliphatic carbocycles. The lowest BCUT2D eigenvalue weighted by atomic mass is 9.92. The lowest BCUT2D eigenvalue weighted by molar-refractivity contribution is 0.0930. The average Bonchev–Trinajstić information content (AvgIpc) is 2.81. The van der Waals surface area contributed by atoms with Crippen molar-refractivity contribution >= 4 is 33.3 Å². The Hall–Kier alpha value is -3.31. The Kier molecular flexibility index (Phi) is 6.47. The number of fused-ring (bicyclic) bond motifs is 2. The Labute approximate surface area is 189 Å². The number of Topliss-reactive ketones (excluding diaryl/α,β-unsaturated/α-hetero) is 1. The molecule has 0 bridgehead atoms. The van der Waals surface area contributed by atoms with Gasteiger partial charge in [0.1, 0.15) is 11.6 Å². The third-order valence-corrected chi connectivity index (χ3v) is 6.02. The molecule has 2 atom stereocenters. The summed E-state index contributed by atoms with van der Waals surface area (Å²) in [6.07, 6.45) is 0.469. The quantitative estimate of drug-likeness (QED) is 0.377. The number of rotatable bonds is 8. The molecule has 0 spiro atoms. The lowest BCUT2D eigenvalue weighted by Gasteiger charge is -2.22. The topological polar surface area (TPSA) is 80.9 Å². The van der Waals surface area contributed by atoms with Crippen molar-refractivity contribution in [1.29, 1.82) is 0 Å². The first-order chi connectivity index (χ1) is 15.5. The Morgan fingerprint density at radius 3 is 2.34 bits per heavy atom. The summed E-state index contributed by atoms with van der Waals surface area (Å²) in [5.74, 6) is 1.66. The van der Waals surface area contributed by atoms with Gasteiger partial charge in [0.05, 0.1) is 5.52 Å². The van der Waals surface area contributed by atoms with Gasteiger partial charge in [0.25, 0.3) is 0 Å². The van der Waals surface area contributed by atoms with E-state index in [1.54, 1.807) is 0 Å². The second-order valence-corrected chi connectivity index (χ2v) is 8.73. The molecular formula is C27H30N4O. The molecule has 4 aromatic rings. The van der Waals surface area contributed by atoms with Crippen LogP contribution in [0.15, 0.2) is 66.7 Å². The number of nitrogens with one attached hydrogen (secondary N) is 1. The predicted octanol–water partition coefficient (Wildman–Crippen LogP) is 5.24. The number of benzene rings is 3. The van der Waals surface area contributed by atoms with E-state index in [2.05, 4.69) is 19.2 Å². The predicted molar refractivity (Wildman–Crippen MR) is 132 cm³/mol. The van der Waals surface area contributed by atoms with Crippen molar-refractivity contribution in [3.63, 3.8) is 0 Å². The van der Waals surface area contributed by atoms with Gasteiger partial charge in [-0.25, -0.2) is 9.97 Å². The van der Waals surface area contributed by atoms with E-state index in [-0.39, 0.29) is 17.7 Å². The van der Waals surface area contributed by atoms with Crippen LogP contribution in [-0.4, -0.2) is 28.3 Å². The van der Waals surface area contributed by atoms with E-state index in [0.29, 0.717) is 24.7 Å². The number of carbonyl (C=O) groups excluding carboxylic acids is 1. The van der Waals surface area contributed by atoms with Crippen molar-refractivity contribution in [3.8, 4) is 0 Å². The molecule has 0 aliphatic rings. The number of anilines is 1. The smallest absolute Gasteiger partial charge is 0.166 e. The van der Waals surface area contributed by atoms with Crippen molar-refractivity contribution in [2.75, 3.05) is 11.9 Å². The van der Waals surface area contributed by atoms with Crippen LogP contribution in [0.1, 0.15) is 37.0 Å². The van der Waals surface area contributed by atoms with Crippen molar-refractivity contribution in [2.24, 2.45) is 17.6 Å². The molecule has 4 rings (SSSR count). The number of para-hydroxylation sites is 1. The molecule has 164 valence electrons. The van der Waals surface area contributed by atoms with Crippen molar-refractivity contribution in [1.82, 2.24) is 9.97 Å². The van der Waals surface area contributed by atoms with Crippen LogP contribution in [0.2, 0.25) is 0 Å². The van der Waals surface area contributed by atoms with Gasteiger partial charge in [-0.05, 0) is 28.8 Å². The monoisotopic (exact) mass is 426 g/mol. The first kappa shape index (κ1) is 21.9. The van der Waals surface area contributed by atoms with E-state index in [1.807, 2.05) is 73.7 Å². The zero-order chi connectivity index (χ0) is 22.7. The first-order valence-corrected chi connectivity index (χ1v) is 11.2. The van der Waals surface area contributed by atoms with E-state index in [4.69, 9.17) is 15.7 Å². The summed E-state index contributed by atoms with van der Waals surface area (Å²) in [5.41, 5.74) is 7.60. The van der Waals surface area contributed by atoms with Crippen LogP contribution in [0.3, 0.4) is 0 Å². The minimum Gasteiger partial charge on any atom is -0.365 e. The number of hydrogen-bond donors (Lipinski definition) is 2. The van der Waals surface area contributed by atoms with E-state index in [9.17, 15) is 4.79 Å². The highest BCUT2D eigenvalue weighted by molar-refractivity contribution is 6.09. The summed E-state index contributed by atoms with van der Waals surface area (Å²) in [5, 5.41) is 6.52. The fourth-order valence-corrected chi connectivity index (χ4v) is 4.07. The zero-order valence-electron chi connectivity index (χ0n) is 18.9. The van der Waals surface area contributed by atoms with Crippen molar-refractivity contribution < 1.29 is 4.79 Å². The third kappa shape index (κ3) is 4.48. The summed E-state index contributed by atoms with van der Waals surface area (Å²) in [7, 11) is 0. The van der Waals surface area contributed by atoms with Crippen LogP contribution < -0.4 is 11.1 Å². The fourth-order valence-electron chi connectivity index (χ4n) is 4.07. The summed E-state index contributed by atoms with van der Waals surface area (Å²) in [6, 6.07) is 21.9. The molecule has 0 saturated carbocycles. The molecule has 0 aliphatic heterocycles. The van der Waals surface area contributed by atoms with Gasteiger partial charge < -0.3 is 11.1 Å². The van der Waals surface area contributed by atoms with Gasteiger partial charge in [-0.3, -0.25) is 4.79 Å². The molecule has 0 amide bonds. The van der Waals surface area contributed by atoms with Crippen molar-refractivity contribution in [2.45, 2.75) is 33.2 Å². The maximum absolute atomic E-state index is 13.3. The molecular weight excluding hydrogens is 396 g/mol. The number of nitrogens with zero attached hydrogens (tertiary/aromatic N) is 2. The number of carbonyl (C=O) groups is 1. The molecule has 0 radical (unpaired) electrons. The second-order valence-electron chi connectivity index (χ2n) is 8.73. The third-order valence-electron chi connectivity index (χ3n) is 6.02. The molecule has 5 nitrogen and oxygen atoms in total. The maximum Gasteiger partial charge on any atom is 0.166 e. The van der Waals surface area contributed by atoms with Gasteiger partial charge in [0, 0.05) is 35.9 Å². The summed E-state index contributed by atoms with van der Waals surface area (Å²) in [4.78, 5) is 22.9. The molecule has 32 heavy (non-hydrogen) atoms. The highest BCUT2D eigenvalue weighted by Gasteiger charge is 2.21. The van der Waals surface area contributed by atoms with Gasteiger partial charge >= 0.3 is 0 Å². The van der Waals surface area contributed by atoms with Gasteiger partial charge in [-0.1, -0.05) is 75.4 Å². The minimum atomic E-state index is -0.245. The Balaban J connectivity index is 1.65. The summed E-state index contributed by atoms with van der Waals surface area (Å²) < 4.78 is 0. The van der Waals surface area contributed by atoms with Crippen LogP contribution in [0.4, 0.5) is 5.82 Å². The van der Waals surface area contributed by atoms with Crippen LogP contribution in [0, 0.1) is 11.8 Å². The Bertz CT molecular complexity index is 1250. The summed E-state index contributed by atoms with van der Waals surface area (Å²) in [6.45, 7) is 6.74. The normalized spacial score (nSPS) is 13.4. The average molecular weight is 427 g/mol. The second kappa shape index (κ2) is 9.45. The van der Waals surface area contributed by atoms with Gasteiger partial charge in [-0.2, -0.15) is 0 Å². The molecule has 1 aromatic heterocycles. The maximum atomic E-state index is 13.3. The number of ketones is 1. The standard InChI is InChI=1S/C27H30N4O/c1-17(2)24(16-28)30-27-22-12-6-7-14-23(22)29-25(31-27)15-18(3)26(32)21-13-8-10-19-9-4-5-11-20(19)21/h4-14,17-18,24H,15-16,28H2,1-3H3,(H,29,30,31)/t18?,24-/m1/s1. The van der Waals surface area contributed by atoms with Crippen LogP contribution in [0.25, 0.3) is 21.7 Å². The molecule has 0 saturated heterocycles. The van der Waals surface area contributed by atoms with Gasteiger partial charge in [-0.15, -0.1) is 0 Å². The zero-order valence-corrected chi connectivity index (χ0v) is 18.9. The van der Waals surface area contributed by atoms with Crippen LogP contribution in [-0.2, 0) is 6.42 Å². The molecule has 0 fully saturated rings. The van der Waals surface area contributed by atoms with E-state index < -0.39 is 0 Å². The molecule has 5 heteroatoms. The molecule has 1 heterocycles. The highest BCUT2D eigenvalue weighted by Crippen LogP contribution is 2.25. The molecule has 3 aromatic carbocycles. The molecule has 3 N–H and O–H groups in total. The van der Waals surface area contributed by atoms with Crippen LogP contribution in [0.5, 0.6) is 0 Å². The number of nitrogens with two attached hydrogens (primary N) is 1. The largest absolute Gasteiger partial charge is 0.365 e. The van der Waals surface area contributed by atoms with Crippen LogP contribution >= 0.6 is 0 Å². The SMILES string of the molecule is CC(Cc1nc(N[C@H](CN)C(C)C)c2ccccc2n1)C(=O)c1cccc2ccccc12. The first-order valence-electron chi connectivity index (χ1n) is 11.2. The number of hydrogen-bond acceptors (Lipinski definition) is 5. The van der Waals surface area contributed by atoms with E-state index >= 15 is 0 Å². The van der Waals surface area contributed by atoms with E-state index in [0.717, 1.165) is 33.1 Å². The van der Waals surface area contributed by atoms with Gasteiger partial charge in [0.15, 0.2) is 5.78 Å². The highest BCUT2D eigenvalue weighted by atomic mass is 16.1.